The first kappa shape index (κ1) is 12.3. The third kappa shape index (κ3) is 3.17. The van der Waals surface area contributed by atoms with Gasteiger partial charge in [-0.15, -0.1) is 0 Å². The van der Waals surface area contributed by atoms with Crippen LogP contribution in [0, 0.1) is 0 Å². The Morgan fingerprint density at radius 1 is 1.44 bits per heavy atom. The summed E-state index contributed by atoms with van der Waals surface area (Å²) in [5.41, 5.74) is 5.77. The normalized spacial score (nSPS) is 36.8. The fraction of sp³-hybridized carbons (Fsp3) is 1.00. The third-order valence-corrected chi connectivity index (χ3v) is 3.74. The van der Waals surface area contributed by atoms with Crippen molar-refractivity contribution in [2.24, 2.45) is 5.73 Å². The minimum absolute atomic E-state index is 0.364. The molecule has 3 atom stereocenters. The second kappa shape index (κ2) is 5.96. The standard InChI is InChI=1S/C12H25N3O/c1-10-8-14-9-12(16-10)4-6-15-5-2-3-11(15)7-13/h10-12,14H,2-9,13H2,1H3. The Balaban J connectivity index is 1.70. The predicted molar refractivity (Wildman–Crippen MR) is 65.5 cm³/mol. The van der Waals surface area contributed by atoms with E-state index >= 15 is 0 Å². The van der Waals surface area contributed by atoms with Gasteiger partial charge in [0, 0.05) is 32.2 Å². The summed E-state index contributed by atoms with van der Waals surface area (Å²) in [5, 5.41) is 3.42. The Kier molecular flexibility index (Phi) is 4.58. The van der Waals surface area contributed by atoms with Gasteiger partial charge in [0.1, 0.15) is 0 Å². The number of likely N-dealkylation sites (tertiary alicyclic amines) is 1. The molecule has 4 heteroatoms. The Hall–Kier alpha value is -0.160. The van der Waals surface area contributed by atoms with Gasteiger partial charge in [-0.3, -0.25) is 4.90 Å². The first-order valence-corrected chi connectivity index (χ1v) is 6.60. The van der Waals surface area contributed by atoms with Crippen molar-refractivity contribution in [1.82, 2.24) is 10.2 Å². The zero-order chi connectivity index (χ0) is 11.4. The monoisotopic (exact) mass is 227 g/mol. The first-order valence-electron chi connectivity index (χ1n) is 6.60. The van der Waals surface area contributed by atoms with Crippen LogP contribution in [0.15, 0.2) is 0 Å². The lowest BCUT2D eigenvalue weighted by Crippen LogP contribution is -2.45. The van der Waals surface area contributed by atoms with Crippen LogP contribution in [0.4, 0.5) is 0 Å². The number of nitrogens with two attached hydrogens (primary N) is 1. The summed E-state index contributed by atoms with van der Waals surface area (Å²) in [7, 11) is 0. The lowest BCUT2D eigenvalue weighted by atomic mass is 10.1. The van der Waals surface area contributed by atoms with Crippen LogP contribution >= 0.6 is 0 Å². The molecule has 4 nitrogen and oxygen atoms in total. The molecule has 0 aliphatic carbocycles. The minimum atomic E-state index is 0.364. The second-order valence-corrected chi connectivity index (χ2v) is 5.08. The van der Waals surface area contributed by atoms with Crippen LogP contribution in [0.2, 0.25) is 0 Å². The number of nitrogens with one attached hydrogen (secondary N) is 1. The van der Waals surface area contributed by atoms with Crippen LogP contribution in [0.3, 0.4) is 0 Å². The van der Waals surface area contributed by atoms with Crippen LogP contribution in [-0.2, 0) is 4.74 Å². The third-order valence-electron chi connectivity index (χ3n) is 3.74. The minimum Gasteiger partial charge on any atom is -0.373 e. The zero-order valence-electron chi connectivity index (χ0n) is 10.3. The fourth-order valence-electron chi connectivity index (χ4n) is 2.81. The average Bonchev–Trinajstić information content (AvgIpc) is 2.74. The van der Waals surface area contributed by atoms with E-state index < -0.39 is 0 Å². The molecule has 2 saturated heterocycles. The molecular formula is C12H25N3O. The number of ether oxygens (including phenoxy) is 1. The van der Waals surface area contributed by atoms with Gasteiger partial charge in [-0.1, -0.05) is 0 Å². The van der Waals surface area contributed by atoms with Crippen LogP contribution in [0.5, 0.6) is 0 Å². The van der Waals surface area contributed by atoms with Gasteiger partial charge in [0.15, 0.2) is 0 Å². The van der Waals surface area contributed by atoms with E-state index in [0.29, 0.717) is 18.2 Å². The summed E-state index contributed by atoms with van der Waals surface area (Å²) >= 11 is 0. The molecule has 94 valence electrons. The van der Waals surface area contributed by atoms with E-state index in [1.165, 1.54) is 19.4 Å². The fourth-order valence-corrected chi connectivity index (χ4v) is 2.81. The molecule has 2 aliphatic heterocycles. The van der Waals surface area contributed by atoms with Crippen molar-refractivity contribution < 1.29 is 4.74 Å². The lowest BCUT2D eigenvalue weighted by Gasteiger charge is -2.31. The summed E-state index contributed by atoms with van der Waals surface area (Å²) in [6.07, 6.45) is 4.47. The first-order chi connectivity index (χ1) is 7.79. The highest BCUT2D eigenvalue weighted by atomic mass is 16.5. The molecule has 16 heavy (non-hydrogen) atoms. The molecule has 0 amide bonds. The van der Waals surface area contributed by atoms with Gasteiger partial charge in [-0.2, -0.15) is 0 Å². The van der Waals surface area contributed by atoms with E-state index in [2.05, 4.69) is 17.1 Å². The maximum Gasteiger partial charge on any atom is 0.0715 e. The molecule has 2 heterocycles. The maximum atomic E-state index is 5.89. The summed E-state index contributed by atoms with van der Waals surface area (Å²) in [6.45, 7) is 7.30. The Bertz CT molecular complexity index is 212. The number of nitrogens with zero attached hydrogens (tertiary/aromatic N) is 1. The van der Waals surface area contributed by atoms with Crippen LogP contribution in [0.25, 0.3) is 0 Å². The maximum absolute atomic E-state index is 5.89. The summed E-state index contributed by atoms with van der Waals surface area (Å²) in [4.78, 5) is 2.53. The van der Waals surface area contributed by atoms with Gasteiger partial charge in [-0.05, 0) is 32.7 Å². The van der Waals surface area contributed by atoms with Gasteiger partial charge in [0.2, 0.25) is 0 Å². The molecule has 0 aromatic heterocycles. The highest BCUT2D eigenvalue weighted by Gasteiger charge is 2.25. The van der Waals surface area contributed by atoms with Gasteiger partial charge in [0.05, 0.1) is 12.2 Å². The molecule has 0 aromatic rings. The lowest BCUT2D eigenvalue weighted by molar-refractivity contribution is -0.0347. The molecule has 0 spiro atoms. The molecule has 2 rings (SSSR count). The Morgan fingerprint density at radius 2 is 2.31 bits per heavy atom. The molecule has 0 bridgehead atoms. The zero-order valence-corrected chi connectivity index (χ0v) is 10.3. The molecule has 2 fully saturated rings. The van der Waals surface area contributed by atoms with Gasteiger partial charge in [-0.25, -0.2) is 0 Å². The van der Waals surface area contributed by atoms with Crippen molar-refractivity contribution in [3.05, 3.63) is 0 Å². The van der Waals surface area contributed by atoms with E-state index in [-0.39, 0.29) is 0 Å². The number of morpholine rings is 1. The van der Waals surface area contributed by atoms with E-state index in [1.54, 1.807) is 0 Å². The van der Waals surface area contributed by atoms with Crippen molar-refractivity contribution in [1.29, 1.82) is 0 Å². The molecule has 0 aromatic carbocycles. The van der Waals surface area contributed by atoms with Gasteiger partial charge < -0.3 is 15.8 Å². The van der Waals surface area contributed by atoms with Crippen molar-refractivity contribution in [2.75, 3.05) is 32.7 Å². The van der Waals surface area contributed by atoms with Crippen LogP contribution in [-0.4, -0.2) is 55.9 Å². The van der Waals surface area contributed by atoms with Crippen molar-refractivity contribution in [3.63, 3.8) is 0 Å². The number of hydrogen-bond donors (Lipinski definition) is 2. The average molecular weight is 227 g/mol. The summed E-state index contributed by atoms with van der Waals surface area (Å²) in [6, 6.07) is 0.619. The topological polar surface area (TPSA) is 50.5 Å². The van der Waals surface area contributed by atoms with Crippen molar-refractivity contribution >= 4 is 0 Å². The smallest absolute Gasteiger partial charge is 0.0715 e. The highest BCUT2D eigenvalue weighted by molar-refractivity contribution is 4.81. The molecule has 3 unspecified atom stereocenters. The Morgan fingerprint density at radius 3 is 3.06 bits per heavy atom. The van der Waals surface area contributed by atoms with E-state index in [4.69, 9.17) is 10.5 Å². The van der Waals surface area contributed by atoms with Crippen molar-refractivity contribution in [3.8, 4) is 0 Å². The quantitative estimate of drug-likeness (QED) is 0.719. The summed E-state index contributed by atoms with van der Waals surface area (Å²) < 4.78 is 5.89. The van der Waals surface area contributed by atoms with E-state index in [0.717, 1.165) is 32.6 Å². The second-order valence-electron chi connectivity index (χ2n) is 5.08. The van der Waals surface area contributed by atoms with Gasteiger partial charge in [0.25, 0.3) is 0 Å². The molecule has 3 N–H and O–H groups in total. The molecule has 0 saturated carbocycles. The number of rotatable bonds is 4. The van der Waals surface area contributed by atoms with Gasteiger partial charge >= 0.3 is 0 Å². The SMILES string of the molecule is CC1CNCC(CCN2CCCC2CN)O1. The van der Waals surface area contributed by atoms with E-state index in [9.17, 15) is 0 Å². The molecular weight excluding hydrogens is 202 g/mol. The predicted octanol–water partition coefficient (Wildman–Crippen LogP) is 0.177. The molecule has 2 aliphatic rings. The van der Waals surface area contributed by atoms with Crippen LogP contribution in [0.1, 0.15) is 26.2 Å². The number of hydrogen-bond acceptors (Lipinski definition) is 4. The largest absolute Gasteiger partial charge is 0.373 e. The van der Waals surface area contributed by atoms with Crippen LogP contribution < -0.4 is 11.1 Å². The molecule has 0 radical (unpaired) electrons. The van der Waals surface area contributed by atoms with Crippen molar-refractivity contribution in [2.45, 2.75) is 44.4 Å². The van der Waals surface area contributed by atoms with E-state index in [1.807, 2.05) is 0 Å². The Labute approximate surface area is 98.5 Å². The highest BCUT2D eigenvalue weighted by Crippen LogP contribution is 2.17. The summed E-state index contributed by atoms with van der Waals surface area (Å²) in [5.74, 6) is 0.